The molecule has 0 aliphatic carbocycles. The Balaban J connectivity index is 1.90. The van der Waals surface area contributed by atoms with E-state index in [4.69, 9.17) is 20.4 Å². The Morgan fingerprint density at radius 2 is 2.00 bits per heavy atom. The molecule has 0 saturated heterocycles. The lowest BCUT2D eigenvalue weighted by molar-refractivity contribution is -0.131. The summed E-state index contributed by atoms with van der Waals surface area (Å²) < 4.78 is 10.9. The van der Waals surface area contributed by atoms with Crippen LogP contribution in [0.25, 0.3) is 17.4 Å². The summed E-state index contributed by atoms with van der Waals surface area (Å²) in [6, 6.07) is 8.96. The number of carboxylic acid groups (broad SMARTS) is 1. The smallest absolute Gasteiger partial charge is 0.342 e. The summed E-state index contributed by atoms with van der Waals surface area (Å²) in [5.41, 5.74) is 1.85. The number of aryl methyl sites for hydroxylation is 2. The highest BCUT2D eigenvalue weighted by molar-refractivity contribution is 8.03. The van der Waals surface area contributed by atoms with Crippen molar-refractivity contribution in [3.63, 3.8) is 0 Å². The third-order valence-electron chi connectivity index (χ3n) is 3.28. The second-order valence-electron chi connectivity index (χ2n) is 5.16. The van der Waals surface area contributed by atoms with E-state index in [-0.39, 0.29) is 10.1 Å². The molecule has 2 heterocycles. The summed E-state index contributed by atoms with van der Waals surface area (Å²) in [5.74, 6) is 0.256. The summed E-state index contributed by atoms with van der Waals surface area (Å²) in [6.07, 6.45) is 1.41. The van der Waals surface area contributed by atoms with Crippen LogP contribution < -0.4 is 0 Å². The van der Waals surface area contributed by atoms with Crippen molar-refractivity contribution in [1.82, 2.24) is 10.2 Å². The maximum atomic E-state index is 11.5. The van der Waals surface area contributed by atoms with Gasteiger partial charge in [-0.15, -0.1) is 10.2 Å². The van der Waals surface area contributed by atoms with E-state index < -0.39 is 5.97 Å². The van der Waals surface area contributed by atoms with Crippen LogP contribution in [0.1, 0.15) is 17.2 Å². The fraction of sp³-hybridized carbons (Fsp3) is 0.118. The van der Waals surface area contributed by atoms with Crippen molar-refractivity contribution < 1.29 is 18.7 Å². The first-order valence-electron chi connectivity index (χ1n) is 7.21. The highest BCUT2D eigenvalue weighted by Crippen LogP contribution is 2.31. The lowest BCUT2D eigenvalue weighted by atomic mass is 10.1. The number of hydrogen-bond acceptors (Lipinski definition) is 6. The van der Waals surface area contributed by atoms with Gasteiger partial charge in [0.2, 0.25) is 5.89 Å². The first-order valence-corrected chi connectivity index (χ1v) is 8.41. The highest BCUT2D eigenvalue weighted by atomic mass is 35.5. The Morgan fingerprint density at radius 3 is 2.68 bits per heavy atom. The molecule has 3 rings (SSSR count). The Morgan fingerprint density at radius 1 is 1.20 bits per heavy atom. The Labute approximate surface area is 152 Å². The van der Waals surface area contributed by atoms with Crippen LogP contribution in [-0.2, 0) is 4.79 Å². The van der Waals surface area contributed by atoms with E-state index in [1.807, 2.05) is 13.0 Å². The number of aliphatic carboxylic acids is 1. The molecule has 0 unspecified atom stereocenters. The number of carbonyl (C=O) groups is 1. The van der Waals surface area contributed by atoms with E-state index in [1.54, 1.807) is 31.2 Å². The number of rotatable bonds is 5. The van der Waals surface area contributed by atoms with Gasteiger partial charge in [-0.3, -0.25) is 0 Å². The molecule has 0 bridgehead atoms. The van der Waals surface area contributed by atoms with Crippen molar-refractivity contribution in [1.29, 1.82) is 0 Å². The molecule has 0 saturated carbocycles. The van der Waals surface area contributed by atoms with Crippen LogP contribution >= 0.6 is 23.4 Å². The predicted octanol–water partition coefficient (Wildman–Crippen LogP) is 4.82. The Kier molecular flexibility index (Phi) is 4.96. The summed E-state index contributed by atoms with van der Waals surface area (Å²) in [6.45, 7) is 3.58. The molecule has 0 aliphatic rings. The molecule has 0 aliphatic heterocycles. The minimum atomic E-state index is -1.11. The average Bonchev–Trinajstić information content (AvgIpc) is 3.18. The summed E-state index contributed by atoms with van der Waals surface area (Å²) >= 11 is 6.90. The third-order valence-corrected chi connectivity index (χ3v) is 4.37. The van der Waals surface area contributed by atoms with Gasteiger partial charge in [0.1, 0.15) is 16.4 Å². The molecule has 3 aromatic rings. The molecule has 6 nitrogen and oxygen atoms in total. The fourth-order valence-electron chi connectivity index (χ4n) is 2.11. The van der Waals surface area contributed by atoms with Crippen LogP contribution in [0.3, 0.4) is 0 Å². The number of nitrogens with zero attached hydrogens (tertiary/aromatic N) is 2. The topological polar surface area (TPSA) is 89.4 Å². The maximum absolute atomic E-state index is 11.5. The molecule has 2 aromatic heterocycles. The quantitative estimate of drug-likeness (QED) is 0.504. The zero-order valence-electron chi connectivity index (χ0n) is 13.3. The fourth-order valence-corrected chi connectivity index (χ4v) is 2.98. The normalized spacial score (nSPS) is 11.7. The largest absolute Gasteiger partial charge is 0.477 e. The van der Waals surface area contributed by atoms with Crippen LogP contribution in [0, 0.1) is 13.8 Å². The van der Waals surface area contributed by atoms with Crippen molar-refractivity contribution in [2.24, 2.45) is 0 Å². The average molecular weight is 377 g/mol. The molecule has 0 atom stereocenters. The molecule has 0 fully saturated rings. The predicted molar refractivity (Wildman–Crippen MR) is 94.4 cm³/mol. The number of aromatic nitrogens is 2. The lowest BCUT2D eigenvalue weighted by Crippen LogP contribution is -1.96. The van der Waals surface area contributed by atoms with Crippen LogP contribution in [0.5, 0.6) is 0 Å². The number of furan rings is 1. The van der Waals surface area contributed by atoms with Gasteiger partial charge in [-0.05, 0) is 48.5 Å². The third kappa shape index (κ3) is 4.12. The summed E-state index contributed by atoms with van der Waals surface area (Å²) in [5, 5.41) is 17.6. The second-order valence-corrected chi connectivity index (χ2v) is 6.59. The van der Waals surface area contributed by atoms with Crippen molar-refractivity contribution in [3.05, 3.63) is 57.5 Å². The van der Waals surface area contributed by atoms with Gasteiger partial charge < -0.3 is 13.9 Å². The molecular formula is C17H13ClN2O4S. The van der Waals surface area contributed by atoms with Crippen molar-refractivity contribution in [2.45, 2.75) is 19.1 Å². The van der Waals surface area contributed by atoms with Crippen molar-refractivity contribution in [3.8, 4) is 11.3 Å². The molecule has 128 valence electrons. The van der Waals surface area contributed by atoms with Crippen molar-refractivity contribution in [2.75, 3.05) is 0 Å². The lowest BCUT2D eigenvalue weighted by Gasteiger charge is -2.03. The van der Waals surface area contributed by atoms with Gasteiger partial charge in [0.05, 0.1) is 0 Å². The van der Waals surface area contributed by atoms with E-state index in [0.717, 1.165) is 22.9 Å². The SMILES string of the molecule is Cc1nnc(S/C(=C\c2ccc(-c3cc(Cl)ccc3C)o2)C(=O)O)o1. The number of halogens is 1. The summed E-state index contributed by atoms with van der Waals surface area (Å²) in [7, 11) is 0. The maximum Gasteiger partial charge on any atom is 0.342 e. The van der Waals surface area contributed by atoms with Gasteiger partial charge in [0.25, 0.3) is 5.22 Å². The molecule has 1 N–H and O–H groups in total. The molecule has 0 amide bonds. The van der Waals surface area contributed by atoms with Gasteiger partial charge in [-0.1, -0.05) is 17.7 Å². The van der Waals surface area contributed by atoms with Gasteiger partial charge in [0.15, 0.2) is 0 Å². The minimum absolute atomic E-state index is 0.00682. The van der Waals surface area contributed by atoms with Crippen LogP contribution in [0.2, 0.25) is 5.02 Å². The number of benzene rings is 1. The summed E-state index contributed by atoms with van der Waals surface area (Å²) in [4.78, 5) is 11.5. The van der Waals surface area contributed by atoms with Crippen LogP contribution in [-0.4, -0.2) is 21.3 Å². The molecule has 0 spiro atoms. The van der Waals surface area contributed by atoms with Gasteiger partial charge in [-0.2, -0.15) is 0 Å². The first-order chi connectivity index (χ1) is 11.9. The van der Waals surface area contributed by atoms with Crippen LogP contribution in [0.15, 0.2) is 49.3 Å². The highest BCUT2D eigenvalue weighted by Gasteiger charge is 2.16. The minimum Gasteiger partial charge on any atom is -0.477 e. The van der Waals surface area contributed by atoms with Crippen LogP contribution in [0.4, 0.5) is 0 Å². The number of thioether (sulfide) groups is 1. The Hall–Kier alpha value is -2.51. The molecule has 1 aromatic carbocycles. The van der Waals surface area contributed by atoms with E-state index >= 15 is 0 Å². The van der Waals surface area contributed by atoms with E-state index in [0.29, 0.717) is 22.4 Å². The first kappa shape index (κ1) is 17.3. The van der Waals surface area contributed by atoms with Gasteiger partial charge >= 0.3 is 5.97 Å². The van der Waals surface area contributed by atoms with E-state index in [9.17, 15) is 9.90 Å². The molecule has 25 heavy (non-hydrogen) atoms. The molecular weight excluding hydrogens is 364 g/mol. The van der Waals surface area contributed by atoms with E-state index in [2.05, 4.69) is 10.2 Å². The zero-order chi connectivity index (χ0) is 18.0. The molecule has 0 radical (unpaired) electrons. The number of carboxylic acids is 1. The van der Waals surface area contributed by atoms with Gasteiger partial charge in [-0.25, -0.2) is 4.79 Å². The Bertz CT molecular complexity index is 961. The second kappa shape index (κ2) is 7.16. The monoisotopic (exact) mass is 376 g/mol. The van der Waals surface area contributed by atoms with Crippen molar-refractivity contribution >= 4 is 35.4 Å². The van der Waals surface area contributed by atoms with E-state index in [1.165, 1.54) is 6.08 Å². The standard InChI is InChI=1S/C17H13ClN2O4S/c1-9-3-4-11(18)7-13(9)14-6-5-12(24-14)8-15(16(21)22)25-17-20-19-10(2)23-17/h3-8H,1-2H3,(H,21,22)/b15-8-. The zero-order valence-corrected chi connectivity index (χ0v) is 14.9. The number of hydrogen-bond donors (Lipinski definition) is 1. The van der Waals surface area contributed by atoms with Gasteiger partial charge in [0, 0.05) is 23.6 Å². The molecule has 8 heteroatoms.